The van der Waals surface area contributed by atoms with Crippen LogP contribution in [0.3, 0.4) is 0 Å². The van der Waals surface area contributed by atoms with E-state index in [9.17, 15) is 13.6 Å². The van der Waals surface area contributed by atoms with Crippen LogP contribution in [0.2, 0.25) is 0 Å². The second-order valence-electron chi connectivity index (χ2n) is 6.35. The van der Waals surface area contributed by atoms with Gasteiger partial charge in [-0.2, -0.15) is 8.78 Å². The average Bonchev–Trinajstić information content (AvgIpc) is 3.21. The maximum atomic E-state index is 13.3. The minimum Gasteiger partial charge on any atom is -0.277 e. The van der Waals surface area contributed by atoms with Gasteiger partial charge in [-0.1, -0.05) is 49.0 Å². The number of benzene rings is 2. The number of para-hydroxylation sites is 2. The maximum absolute atomic E-state index is 13.3. The van der Waals surface area contributed by atoms with Crippen molar-refractivity contribution in [2.45, 2.75) is 30.8 Å². The number of thioether (sulfide) groups is 1. The van der Waals surface area contributed by atoms with Gasteiger partial charge in [-0.05, 0) is 30.2 Å². The highest BCUT2D eigenvalue weighted by Gasteiger charge is 2.17. The van der Waals surface area contributed by atoms with Crippen LogP contribution in [0.5, 0.6) is 0 Å². The molecule has 148 valence electrons. The molecule has 5 nitrogen and oxygen atoms in total. The summed E-state index contributed by atoms with van der Waals surface area (Å²) in [5.74, 6) is 0.388. The Morgan fingerprint density at radius 2 is 1.86 bits per heavy atom. The Kier molecular flexibility index (Phi) is 5.44. The Bertz CT molecular complexity index is 1220. The Labute approximate surface area is 170 Å². The van der Waals surface area contributed by atoms with Crippen LogP contribution in [0.1, 0.15) is 24.9 Å². The number of hydrogen-bond donors (Lipinski definition) is 0. The van der Waals surface area contributed by atoms with E-state index in [1.54, 1.807) is 22.8 Å². The lowest BCUT2D eigenvalue weighted by Gasteiger charge is -2.16. The number of alkyl halides is 2. The first-order valence-electron chi connectivity index (χ1n) is 9.13. The summed E-state index contributed by atoms with van der Waals surface area (Å²) >= 11 is 1.21. The first-order valence-corrected chi connectivity index (χ1v) is 10.1. The zero-order chi connectivity index (χ0) is 20.4. The lowest BCUT2D eigenvalue weighted by atomic mass is 10.1. The predicted molar refractivity (Wildman–Crippen MR) is 110 cm³/mol. The molecule has 0 aliphatic rings. The molecule has 0 N–H and O–H groups in total. The van der Waals surface area contributed by atoms with Gasteiger partial charge in [0.15, 0.2) is 5.16 Å². The number of imidazole rings is 1. The number of aryl methyl sites for hydroxylation is 1. The molecule has 0 spiro atoms. The molecule has 4 aromatic rings. The summed E-state index contributed by atoms with van der Waals surface area (Å²) in [5, 5.41) is 0.954. The number of hydrogen-bond acceptors (Lipinski definition) is 4. The van der Waals surface area contributed by atoms with Crippen molar-refractivity contribution in [3.8, 4) is 5.69 Å². The Morgan fingerprint density at radius 3 is 2.66 bits per heavy atom. The number of nitrogens with zero attached hydrogens (tertiary/aromatic N) is 4. The van der Waals surface area contributed by atoms with E-state index >= 15 is 0 Å². The highest BCUT2D eigenvalue weighted by atomic mass is 32.2. The molecule has 0 radical (unpaired) electrons. The lowest BCUT2D eigenvalue weighted by Crippen LogP contribution is -2.23. The van der Waals surface area contributed by atoms with Crippen molar-refractivity contribution in [3.63, 3.8) is 0 Å². The molecule has 4 rings (SSSR count). The van der Waals surface area contributed by atoms with Gasteiger partial charge in [-0.25, -0.2) is 9.97 Å². The molecule has 0 atom stereocenters. The zero-order valence-corrected chi connectivity index (χ0v) is 16.4. The third-order valence-corrected chi connectivity index (χ3v) is 5.58. The van der Waals surface area contributed by atoms with Crippen molar-refractivity contribution < 1.29 is 8.78 Å². The van der Waals surface area contributed by atoms with Crippen LogP contribution in [0.4, 0.5) is 8.78 Å². The lowest BCUT2D eigenvalue weighted by molar-refractivity contribution is 0.0678. The summed E-state index contributed by atoms with van der Waals surface area (Å²) < 4.78 is 28.7. The van der Waals surface area contributed by atoms with E-state index < -0.39 is 6.55 Å². The van der Waals surface area contributed by atoms with Crippen LogP contribution < -0.4 is 5.56 Å². The highest BCUT2D eigenvalue weighted by molar-refractivity contribution is 7.98. The summed E-state index contributed by atoms with van der Waals surface area (Å²) in [6.07, 6.45) is 3.33. The molecule has 0 amide bonds. The van der Waals surface area contributed by atoms with Crippen molar-refractivity contribution in [1.29, 1.82) is 0 Å². The van der Waals surface area contributed by atoms with Crippen molar-refractivity contribution in [3.05, 3.63) is 82.7 Å². The first-order chi connectivity index (χ1) is 14.1. The van der Waals surface area contributed by atoms with Gasteiger partial charge in [0, 0.05) is 12.4 Å². The summed E-state index contributed by atoms with van der Waals surface area (Å²) in [6, 6.07) is 14.8. The van der Waals surface area contributed by atoms with Gasteiger partial charge in [0.2, 0.25) is 0 Å². The molecule has 0 saturated heterocycles. The quantitative estimate of drug-likeness (QED) is 0.336. The van der Waals surface area contributed by atoms with Gasteiger partial charge in [0.25, 0.3) is 5.56 Å². The minimum absolute atomic E-state index is 0.163. The largest absolute Gasteiger partial charge is 0.319 e. The van der Waals surface area contributed by atoms with Crippen LogP contribution in [0, 0.1) is 0 Å². The molecule has 2 aromatic carbocycles. The summed E-state index contributed by atoms with van der Waals surface area (Å²) in [7, 11) is 0. The minimum atomic E-state index is -2.67. The van der Waals surface area contributed by atoms with Crippen molar-refractivity contribution in [2.75, 3.05) is 0 Å². The van der Waals surface area contributed by atoms with E-state index in [0.717, 1.165) is 22.2 Å². The van der Waals surface area contributed by atoms with E-state index in [2.05, 4.69) is 9.97 Å². The van der Waals surface area contributed by atoms with E-state index in [0.29, 0.717) is 16.1 Å². The molecule has 2 aromatic heterocycles. The number of fused-ring (bicyclic) bond motifs is 1. The van der Waals surface area contributed by atoms with E-state index in [1.165, 1.54) is 24.2 Å². The van der Waals surface area contributed by atoms with Crippen LogP contribution >= 0.6 is 11.8 Å². The normalized spacial score (nSPS) is 11.4. The molecular formula is C21H18F2N4OS. The molecule has 0 fully saturated rings. The molecule has 0 aliphatic carbocycles. The topological polar surface area (TPSA) is 52.7 Å². The predicted octanol–water partition coefficient (Wildman–Crippen LogP) is 4.83. The van der Waals surface area contributed by atoms with Crippen LogP contribution in [0.25, 0.3) is 16.6 Å². The van der Waals surface area contributed by atoms with Crippen LogP contribution in [0.15, 0.2) is 70.9 Å². The van der Waals surface area contributed by atoms with Crippen LogP contribution in [-0.2, 0) is 12.2 Å². The fourth-order valence-corrected chi connectivity index (χ4v) is 4.17. The molecule has 0 unspecified atom stereocenters. The summed E-state index contributed by atoms with van der Waals surface area (Å²) in [4.78, 5) is 22.0. The van der Waals surface area contributed by atoms with E-state index in [-0.39, 0.29) is 17.1 Å². The second-order valence-corrected chi connectivity index (χ2v) is 7.29. The number of aromatic nitrogens is 4. The SMILES string of the molecule is CCc1ccccc1-n1c(SCc2nccn2C(F)F)nc2ccccc2c1=O. The molecule has 0 bridgehead atoms. The Hall–Kier alpha value is -3.00. The Morgan fingerprint density at radius 1 is 1.10 bits per heavy atom. The summed E-state index contributed by atoms with van der Waals surface area (Å²) in [6.45, 7) is -0.648. The zero-order valence-electron chi connectivity index (χ0n) is 15.6. The third kappa shape index (κ3) is 3.67. The fourth-order valence-electron chi connectivity index (χ4n) is 3.21. The first kappa shape index (κ1) is 19.3. The molecule has 8 heteroatoms. The number of rotatable bonds is 6. The standard InChI is InChI=1S/C21H18F2N4OS/c1-2-14-7-3-6-10-17(14)27-19(28)15-8-4-5-9-16(15)25-21(27)29-13-18-24-11-12-26(18)20(22)23/h3-12,20H,2,13H2,1H3. The van der Waals surface area contributed by atoms with E-state index in [4.69, 9.17) is 0 Å². The van der Waals surface area contributed by atoms with Crippen molar-refractivity contribution >= 4 is 22.7 Å². The Balaban J connectivity index is 1.86. The van der Waals surface area contributed by atoms with Gasteiger partial charge >= 0.3 is 6.55 Å². The van der Waals surface area contributed by atoms with Gasteiger partial charge in [-0.15, -0.1) is 0 Å². The molecule has 0 saturated carbocycles. The van der Waals surface area contributed by atoms with Crippen molar-refractivity contribution in [2.24, 2.45) is 0 Å². The van der Waals surface area contributed by atoms with Gasteiger partial charge < -0.3 is 0 Å². The van der Waals surface area contributed by atoms with Gasteiger partial charge in [0.1, 0.15) is 5.82 Å². The smallest absolute Gasteiger partial charge is 0.277 e. The maximum Gasteiger partial charge on any atom is 0.319 e. The second kappa shape index (κ2) is 8.16. The van der Waals surface area contributed by atoms with Crippen molar-refractivity contribution in [1.82, 2.24) is 19.1 Å². The third-order valence-electron chi connectivity index (χ3n) is 4.65. The van der Waals surface area contributed by atoms with Gasteiger partial charge in [-0.3, -0.25) is 13.9 Å². The average molecular weight is 412 g/mol. The monoisotopic (exact) mass is 412 g/mol. The van der Waals surface area contributed by atoms with E-state index in [1.807, 2.05) is 37.3 Å². The summed E-state index contributed by atoms with van der Waals surface area (Å²) in [5.41, 5.74) is 2.14. The highest BCUT2D eigenvalue weighted by Crippen LogP contribution is 2.27. The molecule has 2 heterocycles. The number of halogens is 2. The fraction of sp³-hybridized carbons (Fsp3) is 0.190. The molecular weight excluding hydrogens is 394 g/mol. The van der Waals surface area contributed by atoms with Crippen LogP contribution in [-0.4, -0.2) is 19.1 Å². The molecule has 0 aliphatic heterocycles. The van der Waals surface area contributed by atoms with Gasteiger partial charge in [0.05, 0.1) is 22.3 Å². The molecule has 29 heavy (non-hydrogen) atoms.